The number of hydrogen-bond donors (Lipinski definition) is 4. The molecule has 2 heterocycles. The lowest BCUT2D eigenvalue weighted by Crippen LogP contribution is -2.18. The third-order valence-corrected chi connectivity index (χ3v) is 3.42. The molecule has 0 radical (unpaired) electrons. The summed E-state index contributed by atoms with van der Waals surface area (Å²) >= 11 is 0. The van der Waals surface area contributed by atoms with Crippen LogP contribution in [0.2, 0.25) is 0 Å². The number of nitrogens with zero attached hydrogens (tertiary/aromatic N) is 1. The normalized spacial score (nSPS) is 12.1. The maximum Gasteiger partial charge on any atom is 0.328 e. The number of nitrogens with one attached hydrogen (secondary N) is 1. The lowest BCUT2D eigenvalue weighted by molar-refractivity contribution is -0.134. The minimum Gasteiger partial charge on any atom is -0.478 e. The van der Waals surface area contributed by atoms with E-state index in [9.17, 15) is 9.59 Å². The van der Waals surface area contributed by atoms with E-state index < -0.39 is 11.9 Å². The lowest BCUT2D eigenvalue weighted by Gasteiger charge is -2.10. The second kappa shape index (κ2) is 8.07. The van der Waals surface area contributed by atoms with Crippen molar-refractivity contribution in [3.05, 3.63) is 54.5 Å². The third kappa shape index (κ3) is 4.89. The van der Waals surface area contributed by atoms with Crippen molar-refractivity contribution < 1.29 is 19.8 Å². The Balaban J connectivity index is 0.000000242. The first-order valence-electron chi connectivity index (χ1n) is 7.61. The minimum absolute atomic E-state index is 0.141. The van der Waals surface area contributed by atoms with Crippen LogP contribution in [0.4, 0.5) is 0 Å². The SMILES string of the molecule is C[C@H](N)Cc1[nH]ccc2ccc3ccnc3c12.O=C(O)/C=C/C(=O)O. The lowest BCUT2D eigenvalue weighted by atomic mass is 10.0. The van der Waals surface area contributed by atoms with Crippen LogP contribution in [-0.2, 0) is 16.0 Å². The van der Waals surface area contributed by atoms with Gasteiger partial charge in [0.2, 0.25) is 0 Å². The van der Waals surface area contributed by atoms with Crippen LogP contribution in [0.15, 0.2) is 48.8 Å². The number of fused-ring (bicyclic) bond motifs is 3. The third-order valence-electron chi connectivity index (χ3n) is 3.42. The number of aliphatic carboxylic acids is 2. The molecule has 3 rings (SSSR count). The van der Waals surface area contributed by atoms with Gasteiger partial charge in [0.25, 0.3) is 0 Å². The molecule has 7 nitrogen and oxygen atoms in total. The number of carboxylic acid groups (broad SMARTS) is 2. The molecular formula is C18H19N3O4. The van der Waals surface area contributed by atoms with Crippen LogP contribution in [0.3, 0.4) is 0 Å². The van der Waals surface area contributed by atoms with Crippen molar-refractivity contribution in [2.75, 3.05) is 0 Å². The van der Waals surface area contributed by atoms with Crippen molar-refractivity contribution in [1.29, 1.82) is 0 Å². The van der Waals surface area contributed by atoms with Crippen molar-refractivity contribution in [1.82, 2.24) is 9.97 Å². The van der Waals surface area contributed by atoms with Gasteiger partial charge in [0.05, 0.1) is 5.52 Å². The Morgan fingerprint density at radius 1 is 1.16 bits per heavy atom. The van der Waals surface area contributed by atoms with E-state index in [0.29, 0.717) is 12.2 Å². The molecular weight excluding hydrogens is 322 g/mol. The van der Waals surface area contributed by atoms with Crippen LogP contribution >= 0.6 is 0 Å². The van der Waals surface area contributed by atoms with Crippen LogP contribution in [-0.4, -0.2) is 38.2 Å². The topological polar surface area (TPSA) is 129 Å². The number of nitrogens with two attached hydrogens (primary N) is 1. The number of rotatable bonds is 4. The van der Waals surface area contributed by atoms with Gasteiger partial charge in [-0.25, -0.2) is 9.59 Å². The molecule has 0 spiro atoms. The molecule has 7 heteroatoms. The van der Waals surface area contributed by atoms with Gasteiger partial charge < -0.3 is 20.9 Å². The molecule has 25 heavy (non-hydrogen) atoms. The van der Waals surface area contributed by atoms with E-state index in [2.05, 4.69) is 28.2 Å². The summed E-state index contributed by atoms with van der Waals surface area (Å²) in [5.74, 6) is -2.51. The monoisotopic (exact) mass is 341 g/mol. The van der Waals surface area contributed by atoms with Gasteiger partial charge in [-0.3, -0.25) is 4.98 Å². The summed E-state index contributed by atoms with van der Waals surface area (Å²) in [6.45, 7) is 2.02. The molecule has 5 N–H and O–H groups in total. The van der Waals surface area contributed by atoms with Crippen LogP contribution in [0, 0.1) is 0 Å². The summed E-state index contributed by atoms with van der Waals surface area (Å²) in [7, 11) is 0. The second-order valence-corrected chi connectivity index (χ2v) is 5.56. The average molecular weight is 341 g/mol. The number of carbonyl (C=O) groups is 2. The molecule has 0 saturated heterocycles. The summed E-state index contributed by atoms with van der Waals surface area (Å²) in [6, 6.07) is 8.51. The van der Waals surface area contributed by atoms with E-state index in [1.54, 1.807) is 0 Å². The fourth-order valence-electron chi connectivity index (χ4n) is 2.47. The van der Waals surface area contributed by atoms with Gasteiger partial charge in [0.1, 0.15) is 0 Å². The fraction of sp³-hybridized carbons (Fsp3) is 0.167. The van der Waals surface area contributed by atoms with Crippen molar-refractivity contribution in [3.8, 4) is 0 Å². The predicted octanol–water partition coefficient (Wildman–Crippen LogP) is 2.32. The summed E-state index contributed by atoms with van der Waals surface area (Å²) in [4.78, 5) is 26.9. The highest BCUT2D eigenvalue weighted by molar-refractivity contribution is 6.06. The van der Waals surface area contributed by atoms with Gasteiger partial charge in [-0.05, 0) is 24.4 Å². The molecule has 0 aliphatic rings. The number of aromatic nitrogens is 2. The van der Waals surface area contributed by atoms with E-state index in [1.807, 2.05) is 25.4 Å². The van der Waals surface area contributed by atoms with Crippen LogP contribution in [0.5, 0.6) is 0 Å². The second-order valence-electron chi connectivity index (χ2n) is 5.56. The molecule has 1 aromatic carbocycles. The van der Waals surface area contributed by atoms with Gasteiger partial charge in [-0.2, -0.15) is 0 Å². The first-order chi connectivity index (χ1) is 11.9. The van der Waals surface area contributed by atoms with E-state index in [0.717, 1.165) is 11.9 Å². The first-order valence-corrected chi connectivity index (χ1v) is 7.61. The number of carboxylic acids is 2. The van der Waals surface area contributed by atoms with Gasteiger partial charge in [0.15, 0.2) is 0 Å². The summed E-state index contributed by atoms with van der Waals surface area (Å²) in [5, 5.41) is 19.2. The minimum atomic E-state index is -1.26. The molecule has 0 unspecified atom stereocenters. The molecule has 0 fully saturated rings. The zero-order chi connectivity index (χ0) is 18.4. The van der Waals surface area contributed by atoms with E-state index in [1.165, 1.54) is 21.9 Å². The Labute approximate surface area is 143 Å². The van der Waals surface area contributed by atoms with E-state index in [-0.39, 0.29) is 6.04 Å². The summed E-state index contributed by atoms with van der Waals surface area (Å²) in [5.41, 5.74) is 8.13. The van der Waals surface area contributed by atoms with Crippen LogP contribution < -0.4 is 5.73 Å². The highest BCUT2D eigenvalue weighted by atomic mass is 16.4. The Bertz CT molecular complexity index is 912. The Kier molecular flexibility index (Phi) is 5.86. The standard InChI is InChI=1S/C14H15N3.C4H4O4/c1-9(15)8-12-13-10(4-6-16-12)2-3-11-5-7-17-14(11)13;5-3(6)1-2-4(7)8/h2-7,9,16H,8,15H2,1H3;1-2H,(H,5,6)(H,7,8)/b;2-1+/t9-;/m0./s1. The number of hydrogen-bond acceptors (Lipinski definition) is 4. The largest absolute Gasteiger partial charge is 0.478 e. The molecule has 3 aromatic rings. The van der Waals surface area contributed by atoms with Gasteiger partial charge in [-0.15, -0.1) is 0 Å². The van der Waals surface area contributed by atoms with Crippen LogP contribution in [0.1, 0.15) is 12.6 Å². The molecule has 0 amide bonds. The maximum atomic E-state index is 9.55. The van der Waals surface area contributed by atoms with E-state index >= 15 is 0 Å². The van der Waals surface area contributed by atoms with Gasteiger partial charge in [-0.1, -0.05) is 12.1 Å². The number of pyridine rings is 1. The molecule has 130 valence electrons. The molecule has 1 atom stereocenters. The fourth-order valence-corrected chi connectivity index (χ4v) is 2.47. The number of aromatic amines is 1. The summed E-state index contributed by atoms with van der Waals surface area (Å²) < 4.78 is 0. The number of H-pyrrole nitrogens is 1. The van der Waals surface area contributed by atoms with Crippen molar-refractivity contribution in [2.24, 2.45) is 5.73 Å². The quantitative estimate of drug-likeness (QED) is 0.539. The Hall–Kier alpha value is -3.19. The number of benzene rings is 1. The Morgan fingerprint density at radius 3 is 2.40 bits per heavy atom. The first kappa shape index (κ1) is 18.2. The predicted molar refractivity (Wildman–Crippen MR) is 95.4 cm³/mol. The zero-order valence-electron chi connectivity index (χ0n) is 13.6. The molecule has 0 saturated carbocycles. The van der Waals surface area contributed by atoms with E-state index in [4.69, 9.17) is 15.9 Å². The van der Waals surface area contributed by atoms with Crippen molar-refractivity contribution in [2.45, 2.75) is 19.4 Å². The molecule has 0 bridgehead atoms. The zero-order valence-corrected chi connectivity index (χ0v) is 13.6. The van der Waals surface area contributed by atoms with Crippen molar-refractivity contribution >= 4 is 33.6 Å². The molecule has 0 aliphatic heterocycles. The van der Waals surface area contributed by atoms with Crippen molar-refractivity contribution in [3.63, 3.8) is 0 Å². The smallest absolute Gasteiger partial charge is 0.328 e. The highest BCUT2D eigenvalue weighted by Crippen LogP contribution is 2.26. The molecule has 2 aromatic heterocycles. The maximum absolute atomic E-state index is 9.55. The highest BCUT2D eigenvalue weighted by Gasteiger charge is 2.08. The Morgan fingerprint density at radius 2 is 1.80 bits per heavy atom. The molecule has 0 aliphatic carbocycles. The van der Waals surface area contributed by atoms with Gasteiger partial charge >= 0.3 is 11.9 Å². The van der Waals surface area contributed by atoms with Crippen LogP contribution in [0.25, 0.3) is 21.7 Å². The summed E-state index contributed by atoms with van der Waals surface area (Å²) in [6.07, 6.45) is 5.77. The average Bonchev–Trinajstić information content (AvgIpc) is 3.02. The van der Waals surface area contributed by atoms with Gasteiger partial charge in [0, 0.05) is 53.5 Å².